The molecule has 0 bridgehead atoms. The molecule has 0 unspecified atom stereocenters. The van der Waals surface area contributed by atoms with Crippen molar-refractivity contribution in [3.63, 3.8) is 0 Å². The van der Waals surface area contributed by atoms with Crippen LogP contribution in [0.4, 0.5) is 0 Å². The second-order valence-corrected chi connectivity index (χ2v) is 1.54. The number of rotatable bonds is 3. The van der Waals surface area contributed by atoms with Crippen LogP contribution in [0, 0.1) is 6.92 Å². The van der Waals surface area contributed by atoms with Gasteiger partial charge in [-0.05, 0) is 0 Å². The van der Waals surface area contributed by atoms with Gasteiger partial charge < -0.3 is 11.7 Å². The summed E-state index contributed by atoms with van der Waals surface area (Å²) in [6, 6.07) is 0. The van der Waals surface area contributed by atoms with E-state index in [0.717, 1.165) is 6.42 Å². The molecular formula is C7H11O2Rf-. The molecule has 0 saturated heterocycles. The number of allylic oxidation sites excluding steroid dienone is 1. The molecular weight excluding hydrogens is 383 g/mol. The van der Waals surface area contributed by atoms with E-state index >= 15 is 0 Å². The summed E-state index contributed by atoms with van der Waals surface area (Å²) in [6.45, 7) is 3.57. The van der Waals surface area contributed by atoms with Gasteiger partial charge in [0.15, 0.2) is 0 Å². The number of esters is 1. The van der Waals surface area contributed by atoms with E-state index in [-0.39, 0.29) is 5.97 Å². The average Bonchev–Trinajstić information content (AvgIpc) is 1.89. The number of hydrogen-bond acceptors (Lipinski definition) is 2. The summed E-state index contributed by atoms with van der Waals surface area (Å²) in [5.41, 5.74) is 0. The molecule has 0 spiro atoms. The molecule has 0 fully saturated rings. The van der Waals surface area contributed by atoms with Gasteiger partial charge in [-0.1, -0.05) is 6.08 Å². The zero-order chi connectivity index (χ0) is 7.11. The van der Waals surface area contributed by atoms with E-state index in [0.29, 0.717) is 6.42 Å². The molecule has 0 aromatic heterocycles. The van der Waals surface area contributed by atoms with Crippen molar-refractivity contribution < 1.29 is 9.53 Å². The standard InChI is InChI=1S/C7H11O2.Rf/c1-3-4-5-6-7(8)9-2;/h4-5H,1,3,6H2,2H3;/q-1;/b5-4+;. The SMILES string of the molecule is [CH2-]C/C=C/CC(=O)OC.[Rf]. The Hall–Kier alpha value is -1.79. The molecule has 0 heterocycles. The maximum atomic E-state index is 10.4. The summed E-state index contributed by atoms with van der Waals surface area (Å²) in [4.78, 5) is 10.4. The zero-order valence-electron chi connectivity index (χ0n) is 6.30. The van der Waals surface area contributed by atoms with Crippen molar-refractivity contribution in [2.24, 2.45) is 0 Å². The van der Waals surface area contributed by atoms with Crippen LogP contribution in [-0.2, 0) is 9.53 Å². The summed E-state index contributed by atoms with van der Waals surface area (Å²) >= 11 is 0. The predicted molar refractivity (Wildman–Crippen MR) is 35.7 cm³/mol. The Kier molecular flexibility index (Phi) is 7.98. The van der Waals surface area contributed by atoms with Gasteiger partial charge in [0.1, 0.15) is 0 Å². The molecule has 0 saturated carbocycles. The second kappa shape index (κ2) is 7.21. The molecule has 3 heteroatoms. The van der Waals surface area contributed by atoms with Crippen molar-refractivity contribution in [1.29, 1.82) is 0 Å². The molecule has 54 valence electrons. The van der Waals surface area contributed by atoms with Crippen LogP contribution in [0.5, 0.6) is 0 Å². The van der Waals surface area contributed by atoms with Crippen molar-refractivity contribution in [3.8, 4) is 0 Å². The molecule has 0 aliphatic heterocycles. The van der Waals surface area contributed by atoms with E-state index in [4.69, 9.17) is 0 Å². The molecule has 0 aliphatic carbocycles. The Morgan fingerprint density at radius 1 is 1.60 bits per heavy atom. The maximum Gasteiger partial charge on any atom is 0.309 e. The first-order valence-corrected chi connectivity index (χ1v) is 2.82. The largest absolute Gasteiger partial charge is 0.469 e. The molecule has 2 nitrogen and oxygen atoms in total. The first kappa shape index (κ1) is 11.1. The fraction of sp³-hybridized carbons (Fsp3) is 0.429. The molecule has 0 rings (SSSR count). The number of carbonyl (C=O) groups excluding carboxylic acids is 1. The first-order chi connectivity index (χ1) is 4.31. The van der Waals surface area contributed by atoms with E-state index in [9.17, 15) is 4.79 Å². The topological polar surface area (TPSA) is 26.3 Å². The molecule has 10 heavy (non-hydrogen) atoms. The zero-order valence-corrected chi connectivity index (χ0v) is 12.7. The minimum atomic E-state index is -0.209. The summed E-state index contributed by atoms with van der Waals surface area (Å²) in [5.74, 6) is -0.209. The van der Waals surface area contributed by atoms with Crippen LogP contribution in [0.25, 0.3) is 0 Å². The number of carbonyl (C=O) groups is 1. The molecule has 0 radical (unpaired) electrons. The van der Waals surface area contributed by atoms with E-state index in [1.165, 1.54) is 7.11 Å². The van der Waals surface area contributed by atoms with Crippen LogP contribution in [0.3, 0.4) is 0 Å². The van der Waals surface area contributed by atoms with Crippen LogP contribution in [0.2, 0.25) is 0 Å². The molecule has 0 aromatic carbocycles. The molecule has 0 atom stereocenters. The van der Waals surface area contributed by atoms with Gasteiger partial charge in [-0.3, -0.25) is 4.79 Å². The molecule has 0 aromatic rings. The Bertz CT molecular complexity index is 110. The molecule has 0 aliphatic rings. The van der Waals surface area contributed by atoms with Crippen LogP contribution < -0.4 is 0 Å². The van der Waals surface area contributed by atoms with Crippen molar-refractivity contribution in [2.75, 3.05) is 7.11 Å². The van der Waals surface area contributed by atoms with Gasteiger partial charge in [0.25, 0.3) is 0 Å². The van der Waals surface area contributed by atoms with Gasteiger partial charge in [0, 0.05) is 0 Å². The van der Waals surface area contributed by atoms with E-state index in [1.807, 2.05) is 6.08 Å². The van der Waals surface area contributed by atoms with E-state index in [2.05, 4.69) is 11.7 Å². The van der Waals surface area contributed by atoms with Crippen molar-refractivity contribution in [2.45, 2.75) is 12.8 Å². The quantitative estimate of drug-likeness (QED) is 0.410. The van der Waals surface area contributed by atoms with Gasteiger partial charge in [-0.25, -0.2) is 0 Å². The van der Waals surface area contributed by atoms with Gasteiger partial charge in [0.05, 0.1) is 13.5 Å². The Morgan fingerprint density at radius 2 is 2.20 bits per heavy atom. The summed E-state index contributed by atoms with van der Waals surface area (Å²) < 4.78 is 4.39. The van der Waals surface area contributed by atoms with Crippen LogP contribution in [0.1, 0.15) is 12.8 Å². The molecule has 0 amide bonds. The van der Waals surface area contributed by atoms with Crippen LogP contribution >= 0.6 is 0 Å². The predicted octanol–water partition coefficient (Wildman–Crippen LogP) is 1.33. The maximum absolute atomic E-state index is 10.4. The Morgan fingerprint density at radius 3 is 2.60 bits per heavy atom. The number of hydrogen-bond donors (Lipinski definition) is 0. The normalized spacial score (nSPS) is 9.00. The van der Waals surface area contributed by atoms with Gasteiger partial charge >= 0.3 is 5.97 Å². The third-order valence-corrected chi connectivity index (χ3v) is 0.846. The molecule has 0 N–H and O–H groups in total. The monoisotopic (exact) mass is 394 g/mol. The van der Waals surface area contributed by atoms with Gasteiger partial charge in [0.2, 0.25) is 0 Å². The van der Waals surface area contributed by atoms with E-state index in [1.54, 1.807) is 6.08 Å². The fourth-order valence-electron chi connectivity index (χ4n) is 0.381. The minimum absolute atomic E-state index is 0. The Balaban J connectivity index is 0. The summed E-state index contributed by atoms with van der Waals surface area (Å²) in [5, 5.41) is 0. The van der Waals surface area contributed by atoms with Gasteiger partial charge in [-0.15, -0.1) is 6.08 Å². The third-order valence-electron chi connectivity index (χ3n) is 0.846. The summed E-state index contributed by atoms with van der Waals surface area (Å²) in [6.07, 6.45) is 4.65. The second-order valence-electron chi connectivity index (χ2n) is 1.54. The van der Waals surface area contributed by atoms with Crippen molar-refractivity contribution in [3.05, 3.63) is 19.1 Å². The fourth-order valence-corrected chi connectivity index (χ4v) is 0.381. The minimum Gasteiger partial charge on any atom is -0.469 e. The smallest absolute Gasteiger partial charge is 0.309 e. The third kappa shape index (κ3) is 6.21. The van der Waals surface area contributed by atoms with Crippen molar-refractivity contribution in [1.82, 2.24) is 0 Å². The summed E-state index contributed by atoms with van der Waals surface area (Å²) in [7, 11) is 1.38. The number of methoxy groups -OCH3 is 1. The van der Waals surface area contributed by atoms with Gasteiger partial charge in [-0.2, -0.15) is 6.42 Å². The first-order valence-electron chi connectivity index (χ1n) is 2.82. The van der Waals surface area contributed by atoms with Crippen LogP contribution in [-0.4, -0.2) is 13.1 Å². The Labute approximate surface area is 55.5 Å². The van der Waals surface area contributed by atoms with Crippen LogP contribution in [0.15, 0.2) is 12.2 Å². The number of ether oxygens (including phenoxy) is 1. The van der Waals surface area contributed by atoms with Crippen molar-refractivity contribution >= 4 is 5.97 Å². The van der Waals surface area contributed by atoms with E-state index < -0.39 is 0 Å². The average molecular weight is 394 g/mol.